The van der Waals surface area contributed by atoms with Crippen LogP contribution in [0, 0.1) is 0 Å². The molecular formula is C15H18N4O. The standard InChI is InChI=1S/C15H18N4O/c1-2-19-14(13(16)9-18-19)15(20)17-8-11-7-10-5-3-4-6-12(10)11/h3-6,9,11H,2,7-8,16H2,1H3,(H,17,20). The van der Waals surface area contributed by atoms with Gasteiger partial charge < -0.3 is 11.1 Å². The third-order valence-corrected chi connectivity index (χ3v) is 3.85. The van der Waals surface area contributed by atoms with E-state index in [0.29, 0.717) is 30.4 Å². The summed E-state index contributed by atoms with van der Waals surface area (Å²) in [5.74, 6) is 0.264. The van der Waals surface area contributed by atoms with Gasteiger partial charge in [0.25, 0.3) is 5.91 Å². The summed E-state index contributed by atoms with van der Waals surface area (Å²) in [6.07, 6.45) is 2.55. The number of carbonyl (C=O) groups is 1. The second-order valence-electron chi connectivity index (χ2n) is 5.07. The van der Waals surface area contributed by atoms with Crippen LogP contribution < -0.4 is 11.1 Å². The summed E-state index contributed by atoms with van der Waals surface area (Å²) in [6, 6.07) is 8.35. The molecule has 2 aromatic rings. The number of aromatic nitrogens is 2. The molecule has 5 nitrogen and oxygen atoms in total. The van der Waals surface area contributed by atoms with Gasteiger partial charge in [-0.2, -0.15) is 5.10 Å². The van der Waals surface area contributed by atoms with E-state index in [1.807, 2.05) is 19.1 Å². The van der Waals surface area contributed by atoms with E-state index in [1.54, 1.807) is 4.68 Å². The third-order valence-electron chi connectivity index (χ3n) is 3.85. The van der Waals surface area contributed by atoms with E-state index in [0.717, 1.165) is 6.42 Å². The van der Waals surface area contributed by atoms with Crippen LogP contribution in [0.1, 0.15) is 34.5 Å². The number of nitrogens with zero attached hydrogens (tertiary/aromatic N) is 2. The molecule has 0 saturated heterocycles. The van der Waals surface area contributed by atoms with Crippen molar-refractivity contribution < 1.29 is 4.79 Å². The lowest BCUT2D eigenvalue weighted by molar-refractivity contribution is 0.0940. The summed E-state index contributed by atoms with van der Waals surface area (Å²) < 4.78 is 1.62. The average molecular weight is 270 g/mol. The van der Waals surface area contributed by atoms with E-state index in [1.165, 1.54) is 17.3 Å². The fourth-order valence-corrected chi connectivity index (χ4v) is 2.73. The molecule has 0 aliphatic heterocycles. The Balaban J connectivity index is 1.65. The maximum Gasteiger partial charge on any atom is 0.271 e. The molecule has 1 aromatic carbocycles. The SMILES string of the molecule is CCn1ncc(N)c1C(=O)NCC1Cc2ccccc21. The van der Waals surface area contributed by atoms with Gasteiger partial charge in [-0.1, -0.05) is 24.3 Å². The minimum atomic E-state index is -0.147. The Bertz CT molecular complexity index is 647. The summed E-state index contributed by atoms with van der Waals surface area (Å²) in [5.41, 5.74) is 9.41. The lowest BCUT2D eigenvalue weighted by atomic mass is 9.77. The molecule has 104 valence electrons. The summed E-state index contributed by atoms with van der Waals surface area (Å²) in [6.45, 7) is 3.21. The van der Waals surface area contributed by atoms with Crippen LogP contribution in [0.4, 0.5) is 5.69 Å². The number of anilines is 1. The van der Waals surface area contributed by atoms with Crippen molar-refractivity contribution in [2.24, 2.45) is 0 Å². The van der Waals surface area contributed by atoms with Crippen LogP contribution in [0.3, 0.4) is 0 Å². The van der Waals surface area contributed by atoms with Gasteiger partial charge in [0.15, 0.2) is 0 Å². The molecule has 1 aliphatic rings. The van der Waals surface area contributed by atoms with E-state index in [9.17, 15) is 4.79 Å². The van der Waals surface area contributed by atoms with Gasteiger partial charge in [0.1, 0.15) is 5.69 Å². The quantitative estimate of drug-likeness (QED) is 0.885. The number of nitrogen functional groups attached to an aromatic ring is 1. The number of carbonyl (C=O) groups excluding carboxylic acids is 1. The van der Waals surface area contributed by atoms with Gasteiger partial charge in [0, 0.05) is 19.0 Å². The van der Waals surface area contributed by atoms with Crippen molar-refractivity contribution in [3.8, 4) is 0 Å². The van der Waals surface area contributed by atoms with E-state index >= 15 is 0 Å². The van der Waals surface area contributed by atoms with Crippen LogP contribution in [0.2, 0.25) is 0 Å². The molecule has 1 heterocycles. The maximum absolute atomic E-state index is 12.2. The fourth-order valence-electron chi connectivity index (χ4n) is 2.73. The first-order valence-corrected chi connectivity index (χ1v) is 6.88. The van der Waals surface area contributed by atoms with Gasteiger partial charge in [-0.15, -0.1) is 0 Å². The number of nitrogens with two attached hydrogens (primary N) is 1. The van der Waals surface area contributed by atoms with E-state index in [4.69, 9.17) is 5.73 Å². The molecule has 20 heavy (non-hydrogen) atoms. The summed E-state index contributed by atoms with van der Waals surface area (Å²) in [7, 11) is 0. The Kier molecular flexibility index (Phi) is 3.18. The van der Waals surface area contributed by atoms with Gasteiger partial charge >= 0.3 is 0 Å². The fraction of sp³-hybridized carbons (Fsp3) is 0.333. The Morgan fingerprint density at radius 3 is 3.05 bits per heavy atom. The van der Waals surface area contributed by atoms with Gasteiger partial charge in [-0.25, -0.2) is 0 Å². The van der Waals surface area contributed by atoms with Crippen LogP contribution in [-0.2, 0) is 13.0 Å². The van der Waals surface area contributed by atoms with Crippen LogP contribution in [0.5, 0.6) is 0 Å². The number of aryl methyl sites for hydroxylation is 1. The van der Waals surface area contributed by atoms with E-state index in [-0.39, 0.29) is 5.91 Å². The number of hydrogen-bond acceptors (Lipinski definition) is 3. The zero-order valence-electron chi connectivity index (χ0n) is 11.5. The first-order valence-electron chi connectivity index (χ1n) is 6.88. The molecule has 0 fully saturated rings. The van der Waals surface area contributed by atoms with Gasteiger partial charge in [-0.05, 0) is 24.5 Å². The molecule has 0 radical (unpaired) electrons. The molecule has 0 bridgehead atoms. The van der Waals surface area contributed by atoms with Crippen molar-refractivity contribution in [2.75, 3.05) is 12.3 Å². The lowest BCUT2D eigenvalue weighted by Crippen LogP contribution is -2.34. The maximum atomic E-state index is 12.2. The molecule has 0 spiro atoms. The predicted octanol–water partition coefficient (Wildman–Crippen LogP) is 1.55. The highest BCUT2D eigenvalue weighted by Crippen LogP contribution is 2.34. The van der Waals surface area contributed by atoms with Gasteiger partial charge in [0.2, 0.25) is 0 Å². The zero-order chi connectivity index (χ0) is 14.1. The monoisotopic (exact) mass is 270 g/mol. The van der Waals surface area contributed by atoms with Crippen molar-refractivity contribution in [1.82, 2.24) is 15.1 Å². The molecule has 1 unspecified atom stereocenters. The molecule has 1 amide bonds. The van der Waals surface area contributed by atoms with Crippen molar-refractivity contribution >= 4 is 11.6 Å². The van der Waals surface area contributed by atoms with Crippen LogP contribution >= 0.6 is 0 Å². The van der Waals surface area contributed by atoms with Crippen LogP contribution in [0.25, 0.3) is 0 Å². The lowest BCUT2D eigenvalue weighted by Gasteiger charge is -2.30. The normalized spacial score (nSPS) is 16.4. The van der Waals surface area contributed by atoms with Crippen LogP contribution in [0.15, 0.2) is 30.5 Å². The average Bonchev–Trinajstić information content (AvgIpc) is 2.80. The Labute approximate surface area is 117 Å². The first-order chi connectivity index (χ1) is 9.70. The van der Waals surface area contributed by atoms with Crippen molar-refractivity contribution in [3.05, 3.63) is 47.3 Å². The summed E-state index contributed by atoms with van der Waals surface area (Å²) in [4.78, 5) is 12.2. The molecule has 5 heteroatoms. The van der Waals surface area contributed by atoms with E-state index in [2.05, 4.69) is 22.5 Å². The Morgan fingerprint density at radius 2 is 2.30 bits per heavy atom. The Morgan fingerprint density at radius 1 is 1.50 bits per heavy atom. The number of rotatable bonds is 4. The predicted molar refractivity (Wildman–Crippen MR) is 77.5 cm³/mol. The molecule has 3 rings (SSSR count). The highest BCUT2D eigenvalue weighted by molar-refractivity contribution is 5.97. The topological polar surface area (TPSA) is 72.9 Å². The Hall–Kier alpha value is -2.30. The second kappa shape index (κ2) is 5.00. The zero-order valence-corrected chi connectivity index (χ0v) is 11.5. The number of nitrogens with one attached hydrogen (secondary N) is 1. The number of fused-ring (bicyclic) bond motifs is 1. The highest BCUT2D eigenvalue weighted by Gasteiger charge is 2.26. The summed E-state index contributed by atoms with van der Waals surface area (Å²) in [5, 5.41) is 7.05. The van der Waals surface area contributed by atoms with Gasteiger partial charge in [0.05, 0.1) is 11.9 Å². The van der Waals surface area contributed by atoms with Gasteiger partial charge in [-0.3, -0.25) is 9.48 Å². The number of hydrogen-bond donors (Lipinski definition) is 2. The molecule has 3 N–H and O–H groups in total. The van der Waals surface area contributed by atoms with Crippen LogP contribution in [-0.4, -0.2) is 22.2 Å². The number of benzene rings is 1. The minimum Gasteiger partial charge on any atom is -0.396 e. The minimum absolute atomic E-state index is 0.147. The first kappa shape index (κ1) is 12.7. The summed E-state index contributed by atoms with van der Waals surface area (Å²) >= 11 is 0. The molecule has 1 atom stereocenters. The molecule has 1 aromatic heterocycles. The molecular weight excluding hydrogens is 252 g/mol. The number of amides is 1. The largest absolute Gasteiger partial charge is 0.396 e. The van der Waals surface area contributed by atoms with Crippen molar-refractivity contribution in [1.29, 1.82) is 0 Å². The third kappa shape index (κ3) is 2.05. The van der Waals surface area contributed by atoms with Crippen molar-refractivity contribution in [3.63, 3.8) is 0 Å². The second-order valence-corrected chi connectivity index (χ2v) is 5.07. The smallest absolute Gasteiger partial charge is 0.271 e. The molecule has 0 saturated carbocycles. The van der Waals surface area contributed by atoms with Crippen molar-refractivity contribution in [2.45, 2.75) is 25.8 Å². The highest BCUT2D eigenvalue weighted by atomic mass is 16.2. The van der Waals surface area contributed by atoms with E-state index < -0.39 is 0 Å². The molecule has 1 aliphatic carbocycles.